The van der Waals surface area contributed by atoms with Crippen LogP contribution in [-0.4, -0.2) is 23.7 Å². The van der Waals surface area contributed by atoms with Crippen LogP contribution in [0.25, 0.3) is 0 Å². The minimum atomic E-state index is -4.33. The number of thiazole rings is 1. The number of amides is 1. The highest BCUT2D eigenvalue weighted by molar-refractivity contribution is 9.11. The molecule has 1 heterocycles. The van der Waals surface area contributed by atoms with Crippen LogP contribution < -0.4 is 5.32 Å². The number of carbonyl (C=O) groups excluding carboxylic acids is 1. The molecule has 0 unspecified atom stereocenters. The fourth-order valence-electron chi connectivity index (χ4n) is 2.39. The molecule has 2 aromatic rings. The molecule has 9 heteroatoms. The van der Waals surface area contributed by atoms with E-state index in [0.29, 0.717) is 27.6 Å². The van der Waals surface area contributed by atoms with Crippen molar-refractivity contribution in [2.24, 2.45) is 0 Å². The van der Waals surface area contributed by atoms with E-state index in [1.54, 1.807) is 24.3 Å². The molecule has 0 radical (unpaired) electrons. The molecule has 1 fully saturated rings. The van der Waals surface area contributed by atoms with Crippen molar-refractivity contribution in [2.45, 2.75) is 38.1 Å². The molecule has 0 spiro atoms. The monoisotopic (exact) mass is 448 g/mol. The molecule has 1 saturated carbocycles. The number of ether oxygens (including phenoxy) is 1. The number of hydrogen-bond donors (Lipinski definition) is 1. The second kappa shape index (κ2) is 8.06. The maximum atomic E-state index is 12.4. The van der Waals surface area contributed by atoms with Crippen LogP contribution in [0.5, 0.6) is 0 Å². The number of benzene rings is 1. The van der Waals surface area contributed by atoms with Gasteiger partial charge in [-0.3, -0.25) is 4.79 Å². The number of aromatic nitrogens is 1. The third-order valence-corrected chi connectivity index (χ3v) is 5.47. The molecule has 1 aromatic carbocycles. The van der Waals surface area contributed by atoms with Gasteiger partial charge in [-0.05, 0) is 45.8 Å². The Bertz CT molecular complexity index is 773. The molecule has 1 aliphatic rings. The first-order valence-corrected chi connectivity index (χ1v) is 9.59. The first-order valence-electron chi connectivity index (χ1n) is 7.98. The van der Waals surface area contributed by atoms with Crippen LogP contribution in [0.1, 0.15) is 45.3 Å². The molecule has 1 amide bonds. The Kier molecular flexibility index (Phi) is 5.99. The summed E-state index contributed by atoms with van der Waals surface area (Å²) in [6, 6.07) is 6.89. The van der Waals surface area contributed by atoms with E-state index in [1.807, 2.05) is 0 Å². The maximum Gasteiger partial charge on any atom is 0.411 e. The van der Waals surface area contributed by atoms with E-state index in [4.69, 9.17) is 0 Å². The Labute approximate surface area is 160 Å². The summed E-state index contributed by atoms with van der Waals surface area (Å²) in [5.41, 5.74) is 1.96. The van der Waals surface area contributed by atoms with Gasteiger partial charge in [0.2, 0.25) is 0 Å². The van der Waals surface area contributed by atoms with Crippen LogP contribution in [0.4, 0.5) is 13.2 Å². The van der Waals surface area contributed by atoms with E-state index in [1.165, 1.54) is 11.3 Å². The van der Waals surface area contributed by atoms with Gasteiger partial charge < -0.3 is 10.1 Å². The molecule has 1 aromatic heterocycles. The molecule has 26 heavy (non-hydrogen) atoms. The number of rotatable bonds is 7. The van der Waals surface area contributed by atoms with Crippen LogP contribution in [0, 0.1) is 0 Å². The smallest absolute Gasteiger partial charge is 0.367 e. The lowest BCUT2D eigenvalue weighted by Gasteiger charge is -2.09. The molecule has 0 atom stereocenters. The molecule has 1 N–H and O–H groups in total. The zero-order chi connectivity index (χ0) is 18.7. The Morgan fingerprint density at radius 1 is 1.27 bits per heavy atom. The number of nitrogens with zero attached hydrogens (tertiary/aromatic N) is 1. The lowest BCUT2D eigenvalue weighted by molar-refractivity contribution is -0.176. The van der Waals surface area contributed by atoms with Crippen molar-refractivity contribution in [1.29, 1.82) is 0 Å². The van der Waals surface area contributed by atoms with E-state index in [2.05, 4.69) is 31.0 Å². The highest BCUT2D eigenvalue weighted by Crippen LogP contribution is 2.45. The Hall–Kier alpha value is -1.45. The number of carbonyl (C=O) groups is 1. The third-order valence-electron chi connectivity index (χ3n) is 3.80. The summed E-state index contributed by atoms with van der Waals surface area (Å²) in [5.74, 6) is 0.224. The van der Waals surface area contributed by atoms with Crippen LogP contribution in [0.15, 0.2) is 28.2 Å². The highest BCUT2D eigenvalue weighted by Gasteiger charge is 2.31. The van der Waals surface area contributed by atoms with Gasteiger partial charge in [0.1, 0.15) is 12.3 Å². The second-order valence-corrected chi connectivity index (χ2v) is 8.37. The summed E-state index contributed by atoms with van der Waals surface area (Å²) in [6.07, 6.45) is -2.15. The highest BCUT2D eigenvalue weighted by atomic mass is 79.9. The minimum absolute atomic E-state index is 0.107. The van der Waals surface area contributed by atoms with Crippen molar-refractivity contribution in [3.8, 4) is 0 Å². The van der Waals surface area contributed by atoms with Crippen molar-refractivity contribution in [3.63, 3.8) is 0 Å². The van der Waals surface area contributed by atoms with Gasteiger partial charge in [0.05, 0.1) is 6.61 Å². The Morgan fingerprint density at radius 3 is 2.54 bits per heavy atom. The molecule has 3 rings (SSSR count). The SMILES string of the molecule is O=C(NCc1ccc(COCC(F)(F)F)cc1)c1nc(Br)sc1C1CC1. The topological polar surface area (TPSA) is 51.2 Å². The predicted octanol–water partition coefficient (Wildman–Crippen LogP) is 4.79. The van der Waals surface area contributed by atoms with Crippen molar-refractivity contribution in [3.05, 3.63) is 49.9 Å². The number of hydrogen-bond acceptors (Lipinski definition) is 4. The number of nitrogens with one attached hydrogen (secondary N) is 1. The van der Waals surface area contributed by atoms with Crippen LogP contribution >= 0.6 is 27.3 Å². The van der Waals surface area contributed by atoms with Gasteiger partial charge in [0.25, 0.3) is 5.91 Å². The van der Waals surface area contributed by atoms with Gasteiger partial charge in [0, 0.05) is 11.4 Å². The van der Waals surface area contributed by atoms with Crippen molar-refractivity contribution in [1.82, 2.24) is 10.3 Å². The summed E-state index contributed by atoms with van der Waals surface area (Å²) in [7, 11) is 0. The lowest BCUT2D eigenvalue weighted by atomic mass is 10.1. The lowest BCUT2D eigenvalue weighted by Crippen LogP contribution is -2.24. The van der Waals surface area contributed by atoms with Crippen molar-refractivity contribution >= 4 is 33.2 Å². The standard InChI is InChI=1S/C17H16BrF3N2O2S/c18-16-23-13(14(26-16)12-5-6-12)15(24)22-7-10-1-3-11(4-2-10)8-25-9-17(19,20)21/h1-4,12H,5-9H2,(H,22,24). The molecular formula is C17H16BrF3N2O2S. The second-order valence-electron chi connectivity index (χ2n) is 6.06. The molecule has 0 bridgehead atoms. The summed E-state index contributed by atoms with van der Waals surface area (Å²) >= 11 is 4.83. The predicted molar refractivity (Wildman–Crippen MR) is 95.1 cm³/mol. The van der Waals surface area contributed by atoms with E-state index in [-0.39, 0.29) is 12.5 Å². The number of alkyl halides is 3. The molecule has 1 aliphatic carbocycles. The summed E-state index contributed by atoms with van der Waals surface area (Å²) in [5, 5.41) is 2.84. The first kappa shape index (κ1) is 19.3. The molecule has 140 valence electrons. The van der Waals surface area contributed by atoms with Crippen LogP contribution in [0.2, 0.25) is 0 Å². The Balaban J connectivity index is 1.51. The van der Waals surface area contributed by atoms with E-state index >= 15 is 0 Å². The van der Waals surface area contributed by atoms with Crippen molar-refractivity contribution < 1.29 is 22.7 Å². The zero-order valence-corrected chi connectivity index (χ0v) is 16.0. The zero-order valence-electron chi connectivity index (χ0n) is 13.6. The van der Waals surface area contributed by atoms with Gasteiger partial charge in [-0.15, -0.1) is 11.3 Å². The van der Waals surface area contributed by atoms with Gasteiger partial charge in [-0.25, -0.2) is 4.98 Å². The maximum absolute atomic E-state index is 12.4. The first-order chi connectivity index (χ1) is 12.3. The normalized spacial score (nSPS) is 14.5. The van der Waals surface area contributed by atoms with Crippen LogP contribution in [-0.2, 0) is 17.9 Å². The molecule has 0 aliphatic heterocycles. The summed E-state index contributed by atoms with van der Waals surface area (Å²) in [4.78, 5) is 17.7. The summed E-state index contributed by atoms with van der Waals surface area (Å²) < 4.78 is 41.5. The molecule has 0 saturated heterocycles. The van der Waals surface area contributed by atoms with Gasteiger partial charge in [-0.1, -0.05) is 24.3 Å². The molecular weight excluding hydrogens is 433 g/mol. The average Bonchev–Trinajstić information content (AvgIpc) is 3.35. The molecule has 4 nitrogen and oxygen atoms in total. The minimum Gasteiger partial charge on any atom is -0.367 e. The van der Waals surface area contributed by atoms with E-state index in [0.717, 1.165) is 23.3 Å². The largest absolute Gasteiger partial charge is 0.411 e. The van der Waals surface area contributed by atoms with E-state index < -0.39 is 12.8 Å². The van der Waals surface area contributed by atoms with Crippen LogP contribution in [0.3, 0.4) is 0 Å². The quantitative estimate of drug-likeness (QED) is 0.662. The Morgan fingerprint density at radius 2 is 1.92 bits per heavy atom. The van der Waals surface area contributed by atoms with Gasteiger partial charge in [-0.2, -0.15) is 13.2 Å². The van der Waals surface area contributed by atoms with Gasteiger partial charge in [0.15, 0.2) is 3.92 Å². The number of halogens is 4. The van der Waals surface area contributed by atoms with E-state index in [9.17, 15) is 18.0 Å². The average molecular weight is 449 g/mol. The fraction of sp³-hybridized carbons (Fsp3) is 0.412. The fourth-order valence-corrected chi connectivity index (χ4v) is 4.05. The van der Waals surface area contributed by atoms with Crippen molar-refractivity contribution in [2.75, 3.05) is 6.61 Å². The van der Waals surface area contributed by atoms with Gasteiger partial charge >= 0.3 is 6.18 Å². The third kappa shape index (κ3) is 5.52. The summed E-state index contributed by atoms with van der Waals surface area (Å²) in [6.45, 7) is -1.05.